The fraction of sp³-hybridized carbons (Fsp3) is 0.182. The summed E-state index contributed by atoms with van der Waals surface area (Å²) in [6.45, 7) is 0.958. The van der Waals surface area contributed by atoms with Crippen LogP contribution >= 0.6 is 0 Å². The number of rotatable bonds is 8. The molecule has 1 heterocycles. The number of hydrogen-bond acceptors (Lipinski definition) is 5. The van der Waals surface area contributed by atoms with E-state index in [2.05, 4.69) is 15.6 Å². The van der Waals surface area contributed by atoms with Gasteiger partial charge in [0.2, 0.25) is 5.91 Å². The third-order valence-corrected chi connectivity index (χ3v) is 4.34. The Morgan fingerprint density at radius 3 is 2.46 bits per heavy atom. The van der Waals surface area contributed by atoms with E-state index in [9.17, 15) is 9.90 Å². The molecule has 0 atom stereocenters. The smallest absolute Gasteiger partial charge is 0.224 e. The SMILES string of the molecule is COc1cccc(CNc2ccc(CC(=O)NCc3ccncc3)cc2)c1O. The summed E-state index contributed by atoms with van der Waals surface area (Å²) in [6.07, 6.45) is 3.74. The number of anilines is 1. The molecule has 0 aliphatic rings. The number of nitrogens with zero attached hydrogens (tertiary/aromatic N) is 1. The molecule has 0 aliphatic carbocycles. The number of benzene rings is 2. The van der Waals surface area contributed by atoms with Crippen molar-refractivity contribution >= 4 is 11.6 Å². The number of phenols is 1. The Morgan fingerprint density at radius 2 is 1.75 bits per heavy atom. The van der Waals surface area contributed by atoms with Crippen LogP contribution in [0.3, 0.4) is 0 Å². The van der Waals surface area contributed by atoms with Gasteiger partial charge in [-0.2, -0.15) is 0 Å². The summed E-state index contributed by atoms with van der Waals surface area (Å²) in [7, 11) is 1.53. The van der Waals surface area contributed by atoms with E-state index >= 15 is 0 Å². The second-order valence-corrected chi connectivity index (χ2v) is 6.33. The van der Waals surface area contributed by atoms with Crippen LogP contribution in [-0.4, -0.2) is 23.1 Å². The fourth-order valence-corrected chi connectivity index (χ4v) is 2.76. The molecule has 0 fully saturated rings. The van der Waals surface area contributed by atoms with Crippen LogP contribution in [0.15, 0.2) is 67.0 Å². The van der Waals surface area contributed by atoms with Gasteiger partial charge in [-0.25, -0.2) is 0 Å². The van der Waals surface area contributed by atoms with Crippen molar-refractivity contribution in [3.8, 4) is 11.5 Å². The van der Waals surface area contributed by atoms with E-state index in [0.717, 1.165) is 22.4 Å². The van der Waals surface area contributed by atoms with Crippen molar-refractivity contribution < 1.29 is 14.6 Å². The molecule has 0 radical (unpaired) electrons. The number of para-hydroxylation sites is 1. The summed E-state index contributed by atoms with van der Waals surface area (Å²) >= 11 is 0. The van der Waals surface area contributed by atoms with Crippen molar-refractivity contribution in [1.29, 1.82) is 0 Å². The average Bonchev–Trinajstić information content (AvgIpc) is 2.73. The molecule has 2 aromatic carbocycles. The molecule has 3 N–H and O–H groups in total. The maximum absolute atomic E-state index is 12.1. The zero-order chi connectivity index (χ0) is 19.8. The van der Waals surface area contributed by atoms with Gasteiger partial charge in [-0.1, -0.05) is 24.3 Å². The number of phenolic OH excluding ortho intramolecular Hbond substituents is 1. The summed E-state index contributed by atoms with van der Waals surface area (Å²) in [4.78, 5) is 16.1. The van der Waals surface area contributed by atoms with Crippen LogP contribution in [0.1, 0.15) is 16.7 Å². The predicted molar refractivity (Wildman–Crippen MR) is 108 cm³/mol. The molecule has 6 heteroatoms. The zero-order valence-electron chi connectivity index (χ0n) is 15.7. The Morgan fingerprint density at radius 1 is 1.00 bits per heavy atom. The van der Waals surface area contributed by atoms with Crippen molar-refractivity contribution in [3.05, 3.63) is 83.7 Å². The number of pyridine rings is 1. The van der Waals surface area contributed by atoms with E-state index < -0.39 is 0 Å². The molecule has 0 spiro atoms. The lowest BCUT2D eigenvalue weighted by Crippen LogP contribution is -2.24. The van der Waals surface area contributed by atoms with Gasteiger partial charge in [0.1, 0.15) is 0 Å². The lowest BCUT2D eigenvalue weighted by molar-refractivity contribution is -0.120. The highest BCUT2D eigenvalue weighted by Crippen LogP contribution is 2.29. The third-order valence-electron chi connectivity index (χ3n) is 4.34. The number of aromatic hydroxyl groups is 1. The molecule has 3 aromatic rings. The van der Waals surface area contributed by atoms with E-state index in [0.29, 0.717) is 25.3 Å². The summed E-state index contributed by atoms with van der Waals surface area (Å²) in [5, 5.41) is 16.3. The molecule has 3 rings (SSSR count). The molecule has 0 saturated heterocycles. The number of carbonyl (C=O) groups excluding carboxylic acids is 1. The summed E-state index contributed by atoms with van der Waals surface area (Å²) in [5.74, 6) is 0.561. The highest BCUT2D eigenvalue weighted by molar-refractivity contribution is 5.78. The van der Waals surface area contributed by atoms with Crippen LogP contribution < -0.4 is 15.4 Å². The maximum Gasteiger partial charge on any atom is 0.224 e. The van der Waals surface area contributed by atoms with E-state index in [4.69, 9.17) is 4.74 Å². The van der Waals surface area contributed by atoms with Crippen molar-refractivity contribution in [1.82, 2.24) is 10.3 Å². The largest absolute Gasteiger partial charge is 0.504 e. The van der Waals surface area contributed by atoms with Crippen LogP contribution in [0, 0.1) is 0 Å². The van der Waals surface area contributed by atoms with Gasteiger partial charge in [0.15, 0.2) is 11.5 Å². The monoisotopic (exact) mass is 377 g/mol. The first-order valence-corrected chi connectivity index (χ1v) is 8.99. The Balaban J connectivity index is 1.50. The van der Waals surface area contributed by atoms with Crippen molar-refractivity contribution in [2.24, 2.45) is 0 Å². The highest BCUT2D eigenvalue weighted by atomic mass is 16.5. The van der Waals surface area contributed by atoms with Crippen LogP contribution in [0.2, 0.25) is 0 Å². The number of carbonyl (C=O) groups is 1. The summed E-state index contributed by atoms with van der Waals surface area (Å²) in [6, 6.07) is 16.8. The minimum Gasteiger partial charge on any atom is -0.504 e. The van der Waals surface area contributed by atoms with E-state index in [1.807, 2.05) is 48.5 Å². The first-order chi connectivity index (χ1) is 13.7. The third kappa shape index (κ3) is 5.23. The molecular weight excluding hydrogens is 354 g/mol. The van der Waals surface area contributed by atoms with Gasteiger partial charge in [0.25, 0.3) is 0 Å². The van der Waals surface area contributed by atoms with Crippen molar-refractivity contribution in [2.75, 3.05) is 12.4 Å². The molecule has 0 aliphatic heterocycles. The van der Waals surface area contributed by atoms with Crippen LogP contribution in [-0.2, 0) is 24.3 Å². The molecule has 1 amide bonds. The van der Waals surface area contributed by atoms with Gasteiger partial charge < -0.3 is 20.5 Å². The second-order valence-electron chi connectivity index (χ2n) is 6.33. The van der Waals surface area contributed by atoms with Crippen LogP contribution in [0.4, 0.5) is 5.69 Å². The lowest BCUT2D eigenvalue weighted by atomic mass is 10.1. The fourth-order valence-electron chi connectivity index (χ4n) is 2.76. The summed E-state index contributed by atoms with van der Waals surface area (Å²) in [5.41, 5.74) is 3.60. The van der Waals surface area contributed by atoms with Crippen LogP contribution in [0.5, 0.6) is 11.5 Å². The predicted octanol–water partition coefficient (Wildman–Crippen LogP) is 3.27. The molecule has 1 aromatic heterocycles. The maximum atomic E-state index is 12.1. The Hall–Kier alpha value is -3.54. The highest BCUT2D eigenvalue weighted by Gasteiger charge is 2.07. The minimum absolute atomic E-state index is 0.0289. The van der Waals surface area contributed by atoms with Gasteiger partial charge >= 0.3 is 0 Å². The van der Waals surface area contributed by atoms with Gasteiger partial charge in [0.05, 0.1) is 13.5 Å². The van der Waals surface area contributed by atoms with Gasteiger partial charge in [-0.15, -0.1) is 0 Å². The number of amides is 1. The van der Waals surface area contributed by atoms with Crippen LogP contribution in [0.25, 0.3) is 0 Å². The molecule has 6 nitrogen and oxygen atoms in total. The first kappa shape index (κ1) is 19.2. The lowest BCUT2D eigenvalue weighted by Gasteiger charge is -2.11. The van der Waals surface area contributed by atoms with E-state index in [-0.39, 0.29) is 11.7 Å². The normalized spacial score (nSPS) is 10.3. The van der Waals surface area contributed by atoms with Gasteiger partial charge in [-0.05, 0) is 41.5 Å². The second kappa shape index (κ2) is 9.41. The Bertz CT molecular complexity index is 912. The summed E-state index contributed by atoms with van der Waals surface area (Å²) < 4.78 is 5.12. The first-order valence-electron chi connectivity index (χ1n) is 8.99. The number of ether oxygens (including phenoxy) is 1. The number of hydrogen-bond donors (Lipinski definition) is 3. The zero-order valence-corrected chi connectivity index (χ0v) is 15.7. The van der Waals surface area contributed by atoms with Crippen molar-refractivity contribution in [3.63, 3.8) is 0 Å². The Labute approximate surface area is 164 Å². The molecule has 144 valence electrons. The molecular formula is C22H23N3O3. The van der Waals surface area contributed by atoms with E-state index in [1.54, 1.807) is 18.5 Å². The quantitative estimate of drug-likeness (QED) is 0.561. The average molecular weight is 377 g/mol. The molecule has 0 unspecified atom stereocenters. The minimum atomic E-state index is -0.0289. The molecule has 28 heavy (non-hydrogen) atoms. The Kier molecular flexibility index (Phi) is 6.46. The van der Waals surface area contributed by atoms with Gasteiger partial charge in [0, 0.05) is 36.7 Å². The topological polar surface area (TPSA) is 83.5 Å². The molecule has 0 bridgehead atoms. The number of nitrogens with one attached hydrogen (secondary N) is 2. The van der Waals surface area contributed by atoms with Gasteiger partial charge in [-0.3, -0.25) is 9.78 Å². The number of aromatic nitrogens is 1. The van der Waals surface area contributed by atoms with Crippen molar-refractivity contribution in [2.45, 2.75) is 19.5 Å². The van der Waals surface area contributed by atoms with E-state index in [1.165, 1.54) is 7.11 Å². The standard InChI is InChI=1S/C22H23N3O3/c1-28-20-4-2-3-18(22(20)27)15-24-19-7-5-16(6-8-19)13-21(26)25-14-17-9-11-23-12-10-17/h2-12,24,27H,13-15H2,1H3,(H,25,26). The molecule has 0 saturated carbocycles. The number of methoxy groups -OCH3 is 1.